The van der Waals surface area contributed by atoms with E-state index in [2.05, 4.69) is 16.7 Å². The Bertz CT molecular complexity index is 323. The van der Waals surface area contributed by atoms with Gasteiger partial charge in [-0.2, -0.15) is 0 Å². The van der Waals surface area contributed by atoms with E-state index in [1.807, 2.05) is 43.4 Å². The van der Waals surface area contributed by atoms with Crippen molar-refractivity contribution >= 4 is 12.4 Å². The zero-order valence-corrected chi connectivity index (χ0v) is 7.64. The van der Waals surface area contributed by atoms with Crippen LogP contribution in [-0.4, -0.2) is 11.7 Å². The molecule has 0 saturated heterocycles. The maximum Gasteiger partial charge on any atom is 0.0885 e. The van der Waals surface area contributed by atoms with Crippen molar-refractivity contribution in [3.8, 4) is 0 Å². The second-order valence-corrected chi connectivity index (χ2v) is 2.45. The molecule has 1 heterocycles. The third-order valence-electron chi connectivity index (χ3n) is 1.54. The topological polar surface area (TPSA) is 25.2 Å². The van der Waals surface area contributed by atoms with E-state index in [4.69, 9.17) is 0 Å². The average Bonchev–Trinajstić information content (AvgIpc) is 2.21. The summed E-state index contributed by atoms with van der Waals surface area (Å²) >= 11 is 0. The van der Waals surface area contributed by atoms with Gasteiger partial charge in [0.2, 0.25) is 0 Å². The van der Waals surface area contributed by atoms with E-state index >= 15 is 0 Å². The molecule has 2 nitrogen and oxygen atoms in total. The lowest BCUT2D eigenvalue weighted by molar-refractivity contribution is 1.26. The molecular weight excluding hydrogens is 160 g/mol. The second-order valence-electron chi connectivity index (χ2n) is 2.45. The van der Waals surface area contributed by atoms with Gasteiger partial charge in [0.1, 0.15) is 0 Å². The molecule has 1 rings (SSSR count). The van der Waals surface area contributed by atoms with Gasteiger partial charge in [0.15, 0.2) is 0 Å². The van der Waals surface area contributed by atoms with Gasteiger partial charge in [-0.25, -0.2) is 0 Å². The maximum atomic E-state index is 4.17. The molecule has 0 aromatic carbocycles. The Balaban J connectivity index is 2.98. The minimum Gasteiger partial charge on any atom is -0.262 e. The predicted octanol–water partition coefficient (Wildman–Crippen LogP) is 2.70. The zero-order valence-electron chi connectivity index (χ0n) is 7.64. The molecule has 1 aromatic rings. The van der Waals surface area contributed by atoms with Crippen LogP contribution >= 0.6 is 0 Å². The minimum atomic E-state index is 0.790. The van der Waals surface area contributed by atoms with Crippen LogP contribution in [0.4, 0.5) is 0 Å². The lowest BCUT2D eigenvalue weighted by Gasteiger charge is -1.97. The van der Waals surface area contributed by atoms with Gasteiger partial charge in [0.25, 0.3) is 0 Å². The SMILES string of the molecule is C=N/C(=C\C=C/C)c1ccccn1. The summed E-state index contributed by atoms with van der Waals surface area (Å²) in [6, 6.07) is 5.71. The molecule has 1 aromatic heterocycles. The molecule has 0 bridgehead atoms. The van der Waals surface area contributed by atoms with Crippen LogP contribution < -0.4 is 0 Å². The van der Waals surface area contributed by atoms with E-state index < -0.39 is 0 Å². The molecule has 0 N–H and O–H groups in total. The molecule has 0 aliphatic heterocycles. The maximum absolute atomic E-state index is 4.17. The van der Waals surface area contributed by atoms with Gasteiger partial charge in [-0.1, -0.05) is 18.2 Å². The highest BCUT2D eigenvalue weighted by Crippen LogP contribution is 2.11. The quantitative estimate of drug-likeness (QED) is 0.508. The molecule has 0 radical (unpaired) electrons. The van der Waals surface area contributed by atoms with Crippen LogP contribution in [0.5, 0.6) is 0 Å². The van der Waals surface area contributed by atoms with Crippen molar-refractivity contribution < 1.29 is 0 Å². The first-order valence-corrected chi connectivity index (χ1v) is 4.09. The predicted molar refractivity (Wildman–Crippen MR) is 56.6 cm³/mol. The number of hydrogen-bond acceptors (Lipinski definition) is 2. The van der Waals surface area contributed by atoms with Crippen LogP contribution in [0.3, 0.4) is 0 Å². The second kappa shape index (κ2) is 5.04. The van der Waals surface area contributed by atoms with Crippen molar-refractivity contribution in [2.24, 2.45) is 4.99 Å². The number of hydrogen-bond donors (Lipinski definition) is 0. The largest absolute Gasteiger partial charge is 0.262 e. The van der Waals surface area contributed by atoms with Crippen LogP contribution in [0.1, 0.15) is 12.6 Å². The van der Waals surface area contributed by atoms with Crippen molar-refractivity contribution in [2.75, 3.05) is 0 Å². The van der Waals surface area contributed by atoms with Gasteiger partial charge in [-0.05, 0) is 31.9 Å². The van der Waals surface area contributed by atoms with E-state index in [9.17, 15) is 0 Å². The molecule has 0 aliphatic carbocycles. The summed E-state index contributed by atoms with van der Waals surface area (Å²) in [6.07, 6.45) is 7.48. The molecule has 0 amide bonds. The van der Waals surface area contributed by atoms with Crippen LogP contribution in [0.15, 0.2) is 47.6 Å². The number of aliphatic imine (C=N–C) groups is 1. The number of nitrogens with zero attached hydrogens (tertiary/aromatic N) is 2. The van der Waals surface area contributed by atoms with Crippen LogP contribution in [0.25, 0.3) is 5.70 Å². The number of allylic oxidation sites excluding steroid dienone is 3. The molecule has 0 unspecified atom stereocenters. The van der Waals surface area contributed by atoms with Crippen LogP contribution in [0, 0.1) is 0 Å². The fourth-order valence-electron chi connectivity index (χ4n) is 0.921. The lowest BCUT2D eigenvalue weighted by atomic mass is 10.2. The van der Waals surface area contributed by atoms with E-state index in [-0.39, 0.29) is 0 Å². The highest BCUT2D eigenvalue weighted by atomic mass is 14.8. The van der Waals surface area contributed by atoms with E-state index in [0.717, 1.165) is 11.4 Å². The molecule has 0 fully saturated rings. The lowest BCUT2D eigenvalue weighted by Crippen LogP contribution is -1.83. The summed E-state index contributed by atoms with van der Waals surface area (Å²) in [4.78, 5) is 8.06. The summed E-state index contributed by atoms with van der Waals surface area (Å²) in [7, 11) is 0. The van der Waals surface area contributed by atoms with Gasteiger partial charge < -0.3 is 0 Å². The molecule has 66 valence electrons. The summed E-state index contributed by atoms with van der Waals surface area (Å²) in [5.74, 6) is 0. The van der Waals surface area contributed by atoms with Gasteiger partial charge in [0, 0.05) is 6.20 Å². The summed E-state index contributed by atoms with van der Waals surface area (Å²) in [5, 5.41) is 0. The molecule has 2 heteroatoms. The normalized spacial score (nSPS) is 11.9. The number of pyridine rings is 1. The van der Waals surface area contributed by atoms with Gasteiger partial charge in [-0.15, -0.1) is 0 Å². The smallest absolute Gasteiger partial charge is 0.0885 e. The third-order valence-corrected chi connectivity index (χ3v) is 1.54. The van der Waals surface area contributed by atoms with E-state index in [1.54, 1.807) is 6.20 Å². The fourth-order valence-corrected chi connectivity index (χ4v) is 0.921. The molecule has 0 atom stereocenters. The standard InChI is InChI=1S/C11H12N2/c1-3-4-7-10(12-2)11-8-5-6-9-13-11/h3-9H,2H2,1H3/b4-3-,10-7-. The summed E-state index contributed by atoms with van der Waals surface area (Å²) in [5.41, 5.74) is 1.63. The Labute approximate surface area is 78.4 Å². The summed E-state index contributed by atoms with van der Waals surface area (Å²) in [6.45, 7) is 5.45. The molecule has 0 aliphatic rings. The van der Waals surface area contributed by atoms with Crippen LogP contribution in [0.2, 0.25) is 0 Å². The first-order chi connectivity index (χ1) is 6.38. The van der Waals surface area contributed by atoms with Gasteiger partial charge in [0.05, 0.1) is 11.4 Å². The minimum absolute atomic E-state index is 0.790. The molecule has 0 spiro atoms. The first kappa shape index (κ1) is 9.39. The Morgan fingerprint density at radius 1 is 1.54 bits per heavy atom. The fraction of sp³-hybridized carbons (Fsp3) is 0.0909. The van der Waals surface area contributed by atoms with Crippen molar-refractivity contribution in [3.63, 3.8) is 0 Å². The van der Waals surface area contributed by atoms with Gasteiger partial charge in [-0.3, -0.25) is 9.98 Å². The van der Waals surface area contributed by atoms with E-state index in [0.29, 0.717) is 0 Å². The summed E-state index contributed by atoms with van der Waals surface area (Å²) < 4.78 is 0. The monoisotopic (exact) mass is 172 g/mol. The van der Waals surface area contributed by atoms with Crippen molar-refractivity contribution in [3.05, 3.63) is 48.3 Å². The Kier molecular flexibility index (Phi) is 3.64. The average molecular weight is 172 g/mol. The molecule has 13 heavy (non-hydrogen) atoms. The Morgan fingerprint density at radius 2 is 2.38 bits per heavy atom. The van der Waals surface area contributed by atoms with E-state index in [1.165, 1.54) is 0 Å². The highest BCUT2D eigenvalue weighted by Gasteiger charge is 1.95. The van der Waals surface area contributed by atoms with Gasteiger partial charge >= 0.3 is 0 Å². The van der Waals surface area contributed by atoms with Crippen LogP contribution in [-0.2, 0) is 0 Å². The zero-order chi connectivity index (χ0) is 9.52. The highest BCUT2D eigenvalue weighted by molar-refractivity contribution is 5.66. The molecular formula is C11H12N2. The molecule has 0 saturated carbocycles. The van der Waals surface area contributed by atoms with Crippen molar-refractivity contribution in [1.29, 1.82) is 0 Å². The van der Waals surface area contributed by atoms with Crippen molar-refractivity contribution in [1.82, 2.24) is 4.98 Å². The first-order valence-electron chi connectivity index (χ1n) is 4.09. The third kappa shape index (κ3) is 2.67. The van der Waals surface area contributed by atoms with Crippen molar-refractivity contribution in [2.45, 2.75) is 6.92 Å². The Morgan fingerprint density at radius 3 is 2.92 bits per heavy atom. The number of aromatic nitrogens is 1. The Hall–Kier alpha value is -1.70. The number of rotatable bonds is 3.